The lowest BCUT2D eigenvalue weighted by molar-refractivity contribution is -0.132. The first-order valence-electron chi connectivity index (χ1n) is 7.79. The molecule has 0 aromatic rings. The minimum absolute atomic E-state index is 0. The van der Waals surface area contributed by atoms with Gasteiger partial charge in [-0.05, 0) is 39.3 Å². The van der Waals surface area contributed by atoms with Crippen LogP contribution in [0.5, 0.6) is 0 Å². The quantitative estimate of drug-likeness (QED) is 0.366. The minimum atomic E-state index is -4.13. The lowest BCUT2D eigenvalue weighted by Gasteiger charge is -2.25. The van der Waals surface area contributed by atoms with Crippen LogP contribution in [0, 0.1) is 0 Å². The van der Waals surface area contributed by atoms with Gasteiger partial charge in [-0.2, -0.15) is 13.2 Å². The normalized spacial score (nSPS) is 18.0. The average molecular weight is 436 g/mol. The summed E-state index contributed by atoms with van der Waals surface area (Å²) in [4.78, 5) is 6.85. The Balaban J connectivity index is 0.00000441. The van der Waals surface area contributed by atoms with Crippen LogP contribution in [0.3, 0.4) is 0 Å². The van der Waals surface area contributed by atoms with E-state index in [2.05, 4.69) is 27.4 Å². The molecule has 1 aliphatic rings. The molecule has 1 atom stereocenters. The van der Waals surface area contributed by atoms with Gasteiger partial charge in [-0.25, -0.2) is 0 Å². The molecule has 0 bridgehead atoms. The topological polar surface area (TPSA) is 39.7 Å². The smallest absolute Gasteiger partial charge is 0.357 e. The van der Waals surface area contributed by atoms with Crippen LogP contribution in [0.4, 0.5) is 13.2 Å². The number of alkyl halides is 3. The number of likely N-dealkylation sites (tertiary alicyclic amines) is 1. The fourth-order valence-electron chi connectivity index (χ4n) is 2.47. The van der Waals surface area contributed by atoms with Crippen molar-refractivity contribution in [2.45, 2.75) is 51.7 Å². The molecular weight excluding hydrogens is 408 g/mol. The van der Waals surface area contributed by atoms with Crippen molar-refractivity contribution in [3.05, 3.63) is 0 Å². The monoisotopic (exact) mass is 436 g/mol. The van der Waals surface area contributed by atoms with Crippen LogP contribution in [0.25, 0.3) is 0 Å². The molecule has 0 aliphatic carbocycles. The Kier molecular flexibility index (Phi) is 11.2. The van der Waals surface area contributed by atoms with Crippen LogP contribution < -0.4 is 10.6 Å². The summed E-state index contributed by atoms with van der Waals surface area (Å²) < 4.78 is 36.5. The van der Waals surface area contributed by atoms with Gasteiger partial charge in [0.05, 0.1) is 13.0 Å². The Bertz CT molecular complexity index is 318. The minimum Gasteiger partial charge on any atom is -0.357 e. The van der Waals surface area contributed by atoms with Gasteiger partial charge in [-0.15, -0.1) is 24.0 Å². The zero-order chi connectivity index (χ0) is 15.7. The van der Waals surface area contributed by atoms with Crippen molar-refractivity contribution in [2.24, 2.45) is 4.99 Å². The molecule has 22 heavy (non-hydrogen) atoms. The molecule has 1 heterocycles. The Morgan fingerprint density at radius 2 is 1.82 bits per heavy atom. The maximum Gasteiger partial charge on any atom is 0.390 e. The first-order chi connectivity index (χ1) is 9.96. The number of guanidine groups is 1. The third kappa shape index (κ3) is 9.02. The van der Waals surface area contributed by atoms with E-state index in [0.29, 0.717) is 25.1 Å². The highest BCUT2D eigenvalue weighted by molar-refractivity contribution is 14.0. The lowest BCUT2D eigenvalue weighted by atomic mass is 10.2. The number of nitrogens with one attached hydrogen (secondary N) is 2. The van der Waals surface area contributed by atoms with E-state index in [4.69, 9.17) is 0 Å². The van der Waals surface area contributed by atoms with Crippen molar-refractivity contribution in [2.75, 3.05) is 32.7 Å². The van der Waals surface area contributed by atoms with E-state index < -0.39 is 12.6 Å². The van der Waals surface area contributed by atoms with Crippen molar-refractivity contribution in [3.8, 4) is 0 Å². The van der Waals surface area contributed by atoms with Gasteiger partial charge >= 0.3 is 6.18 Å². The highest BCUT2D eigenvalue weighted by atomic mass is 127. The maximum atomic E-state index is 12.2. The number of halogens is 4. The summed E-state index contributed by atoms with van der Waals surface area (Å²) in [6.45, 7) is 7.35. The molecule has 1 unspecified atom stereocenters. The largest absolute Gasteiger partial charge is 0.390 e. The predicted molar refractivity (Wildman–Crippen MR) is 95.0 cm³/mol. The van der Waals surface area contributed by atoms with Crippen molar-refractivity contribution in [3.63, 3.8) is 0 Å². The molecule has 0 amide bonds. The van der Waals surface area contributed by atoms with Crippen LogP contribution in [0.2, 0.25) is 0 Å². The van der Waals surface area contributed by atoms with Gasteiger partial charge in [0.15, 0.2) is 5.96 Å². The van der Waals surface area contributed by atoms with Crippen LogP contribution in [-0.4, -0.2) is 55.8 Å². The molecule has 8 heteroatoms. The zero-order valence-electron chi connectivity index (χ0n) is 13.4. The van der Waals surface area contributed by atoms with Gasteiger partial charge in [0.2, 0.25) is 0 Å². The number of nitrogens with zero attached hydrogens (tertiary/aromatic N) is 2. The van der Waals surface area contributed by atoms with Crippen LogP contribution in [0.15, 0.2) is 4.99 Å². The molecule has 1 rings (SSSR count). The van der Waals surface area contributed by atoms with E-state index in [-0.39, 0.29) is 30.5 Å². The summed E-state index contributed by atoms with van der Waals surface area (Å²) in [5, 5.41) is 5.74. The molecular formula is C14H28F3IN4. The Labute approximate surface area is 148 Å². The highest BCUT2D eigenvalue weighted by Crippen LogP contribution is 2.18. The summed E-state index contributed by atoms with van der Waals surface area (Å²) in [7, 11) is 0. The number of hydrogen-bond acceptors (Lipinski definition) is 2. The Morgan fingerprint density at radius 3 is 2.32 bits per heavy atom. The third-order valence-corrected chi connectivity index (χ3v) is 3.63. The predicted octanol–water partition coefficient (Wildman–Crippen LogP) is 2.99. The zero-order valence-corrected chi connectivity index (χ0v) is 15.7. The fraction of sp³-hybridized carbons (Fsp3) is 0.929. The van der Waals surface area contributed by atoms with Crippen molar-refractivity contribution in [1.29, 1.82) is 0 Å². The van der Waals surface area contributed by atoms with E-state index in [9.17, 15) is 13.2 Å². The van der Waals surface area contributed by atoms with E-state index in [1.54, 1.807) is 0 Å². The van der Waals surface area contributed by atoms with Crippen LogP contribution >= 0.6 is 24.0 Å². The second kappa shape index (κ2) is 11.3. The molecule has 1 saturated heterocycles. The molecule has 132 valence electrons. The summed E-state index contributed by atoms with van der Waals surface area (Å²) >= 11 is 0. The second-order valence-corrected chi connectivity index (χ2v) is 5.32. The molecule has 0 aromatic heterocycles. The highest BCUT2D eigenvalue weighted by Gasteiger charge is 2.26. The number of hydrogen-bond donors (Lipinski definition) is 2. The van der Waals surface area contributed by atoms with Gasteiger partial charge in [0, 0.05) is 19.1 Å². The molecule has 4 nitrogen and oxygen atoms in total. The molecule has 1 fully saturated rings. The SMILES string of the molecule is CCNC(=NCC(CC)N1CCCC1)NCCC(F)(F)F.I. The summed E-state index contributed by atoms with van der Waals surface area (Å²) in [6.07, 6.45) is -1.52. The van der Waals surface area contributed by atoms with Crippen molar-refractivity contribution >= 4 is 29.9 Å². The summed E-state index contributed by atoms with van der Waals surface area (Å²) in [5.74, 6) is 0.472. The average Bonchev–Trinajstić information content (AvgIpc) is 2.92. The standard InChI is InChI=1S/C14H27F3N4.HI/c1-3-12(21-9-5-6-10-21)11-20-13(18-4-2)19-8-7-14(15,16)17;/h12H,3-11H2,1-2H3,(H2,18,19,20);1H. The van der Waals surface area contributed by atoms with Gasteiger partial charge in [-0.3, -0.25) is 9.89 Å². The molecule has 0 saturated carbocycles. The first kappa shape index (κ1) is 21.8. The van der Waals surface area contributed by atoms with E-state index >= 15 is 0 Å². The van der Waals surface area contributed by atoms with Crippen molar-refractivity contribution < 1.29 is 13.2 Å². The van der Waals surface area contributed by atoms with Crippen LogP contribution in [0.1, 0.15) is 39.5 Å². The van der Waals surface area contributed by atoms with Gasteiger partial charge in [-0.1, -0.05) is 6.92 Å². The Morgan fingerprint density at radius 1 is 1.18 bits per heavy atom. The first-order valence-corrected chi connectivity index (χ1v) is 7.79. The van der Waals surface area contributed by atoms with E-state index in [1.807, 2.05) is 6.92 Å². The van der Waals surface area contributed by atoms with E-state index in [1.165, 1.54) is 12.8 Å². The fourth-order valence-corrected chi connectivity index (χ4v) is 2.47. The van der Waals surface area contributed by atoms with Gasteiger partial charge < -0.3 is 10.6 Å². The third-order valence-electron chi connectivity index (χ3n) is 3.63. The molecule has 0 aromatic carbocycles. The maximum absolute atomic E-state index is 12.2. The summed E-state index contributed by atoms with van der Waals surface area (Å²) in [5.41, 5.74) is 0. The molecule has 2 N–H and O–H groups in total. The van der Waals surface area contributed by atoms with E-state index in [0.717, 1.165) is 19.5 Å². The molecule has 0 spiro atoms. The number of rotatable bonds is 7. The molecule has 0 radical (unpaired) electrons. The molecule has 1 aliphatic heterocycles. The lowest BCUT2D eigenvalue weighted by Crippen LogP contribution is -2.41. The van der Waals surface area contributed by atoms with Crippen molar-refractivity contribution in [1.82, 2.24) is 15.5 Å². The summed E-state index contributed by atoms with van der Waals surface area (Å²) in [6, 6.07) is 0.380. The number of aliphatic imine (C=N–C) groups is 1. The Hall–Kier alpha value is -0.250. The van der Waals surface area contributed by atoms with Gasteiger partial charge in [0.25, 0.3) is 0 Å². The van der Waals surface area contributed by atoms with Crippen LogP contribution in [-0.2, 0) is 0 Å². The van der Waals surface area contributed by atoms with Gasteiger partial charge in [0.1, 0.15) is 0 Å². The second-order valence-electron chi connectivity index (χ2n) is 5.32.